The first kappa shape index (κ1) is 35.8. The van der Waals surface area contributed by atoms with Gasteiger partial charge in [-0.1, -0.05) is 115 Å². The Balaban J connectivity index is 0.00000408. The van der Waals surface area contributed by atoms with E-state index in [1.54, 1.807) is 0 Å². The normalized spacial score (nSPS) is 11.3. The number of hydrogen-bond donors (Lipinski definition) is 0. The molecule has 0 unspecified atom stereocenters. The number of anilines is 3. The van der Waals surface area contributed by atoms with Crippen LogP contribution in [-0.2, 0) is 0 Å². The molecule has 0 saturated heterocycles. The van der Waals surface area contributed by atoms with E-state index in [0.717, 1.165) is 105 Å². The number of rotatable bonds is 7. The SMILES string of the molecule is [U+2].[c-]1ccccc1-c1[c-]c(-c2ccc(N(c3ccc(-c4cccc5c4oc4ccccc45)cc3)c3ccc(-c4cccc5c4oc4ccccc45)cc3)cc2)ccc1. The van der Waals surface area contributed by atoms with Crippen molar-refractivity contribution in [2.45, 2.75) is 0 Å². The molecule has 0 N–H and O–H groups in total. The Labute approximate surface area is 360 Å². The molecule has 0 aliphatic carbocycles. The standard InChI is InChI=1S/C54H33NO2.U/c1-2-11-36(12-3-1)40-13-8-14-41(35-40)37-23-29-42(30-24-37)55(43-31-25-38(26-32-43)45-17-9-19-49-47-15-4-6-21-51(47)56-53(45)49)44-33-27-39(28-34-44)46-18-10-20-50-48-16-5-7-22-52(48)57-54(46)50;/h1-11,13-34H;/q-2;+2. The third-order valence-electron chi connectivity index (χ3n) is 10.9. The maximum Gasteiger partial charge on any atom is 2.00 e. The molecular formula is C54H33NO2U. The molecule has 3 nitrogen and oxygen atoms in total. The van der Waals surface area contributed by atoms with Crippen molar-refractivity contribution in [3.8, 4) is 44.5 Å². The fraction of sp³-hybridized carbons (Fsp3) is 0. The second-order valence-electron chi connectivity index (χ2n) is 14.3. The summed E-state index contributed by atoms with van der Waals surface area (Å²) in [5, 5.41) is 4.50. The van der Waals surface area contributed by atoms with E-state index >= 15 is 0 Å². The molecule has 0 bridgehead atoms. The molecule has 11 aromatic rings. The summed E-state index contributed by atoms with van der Waals surface area (Å²) in [4.78, 5) is 2.31. The molecule has 11 rings (SSSR count). The molecule has 2 aromatic heterocycles. The van der Waals surface area contributed by atoms with Gasteiger partial charge in [-0.3, -0.25) is 0 Å². The smallest absolute Gasteiger partial charge is 0.455 e. The first-order valence-electron chi connectivity index (χ1n) is 19.2. The van der Waals surface area contributed by atoms with Crippen LogP contribution in [0.3, 0.4) is 0 Å². The average Bonchev–Trinajstić information content (AvgIpc) is 3.87. The summed E-state index contributed by atoms with van der Waals surface area (Å²) < 4.78 is 12.8. The molecule has 4 heteroatoms. The molecule has 0 saturated carbocycles. The van der Waals surface area contributed by atoms with Gasteiger partial charge >= 0.3 is 31.1 Å². The second-order valence-corrected chi connectivity index (χ2v) is 14.3. The van der Waals surface area contributed by atoms with Gasteiger partial charge in [0.05, 0.1) is 0 Å². The van der Waals surface area contributed by atoms with Gasteiger partial charge in [-0.2, -0.15) is 42.0 Å². The van der Waals surface area contributed by atoms with Gasteiger partial charge in [-0.25, -0.2) is 5.56 Å². The van der Waals surface area contributed by atoms with Gasteiger partial charge in [-0.05, 0) is 59.7 Å². The molecule has 0 spiro atoms. The van der Waals surface area contributed by atoms with Crippen molar-refractivity contribution in [2.24, 2.45) is 0 Å². The number of benzene rings is 9. The van der Waals surface area contributed by atoms with E-state index in [2.05, 4.69) is 175 Å². The third kappa shape index (κ3) is 6.32. The summed E-state index contributed by atoms with van der Waals surface area (Å²) in [6, 6.07) is 76.8. The molecule has 0 radical (unpaired) electrons. The molecule has 0 atom stereocenters. The molecule has 2 heterocycles. The van der Waals surface area contributed by atoms with Crippen LogP contribution in [0.15, 0.2) is 209 Å². The van der Waals surface area contributed by atoms with E-state index in [4.69, 9.17) is 8.83 Å². The van der Waals surface area contributed by atoms with Crippen molar-refractivity contribution < 1.29 is 39.9 Å². The van der Waals surface area contributed by atoms with E-state index in [1.807, 2.05) is 42.5 Å². The predicted molar refractivity (Wildman–Crippen MR) is 235 cm³/mol. The van der Waals surface area contributed by atoms with Crippen molar-refractivity contribution in [3.05, 3.63) is 212 Å². The van der Waals surface area contributed by atoms with Crippen LogP contribution in [0.25, 0.3) is 88.4 Å². The molecule has 270 valence electrons. The summed E-state index contributed by atoms with van der Waals surface area (Å²) in [6.07, 6.45) is 0. The van der Waals surface area contributed by atoms with Crippen molar-refractivity contribution in [2.75, 3.05) is 4.90 Å². The maximum atomic E-state index is 6.40. The third-order valence-corrected chi connectivity index (χ3v) is 10.9. The minimum atomic E-state index is 0. The van der Waals surface area contributed by atoms with Crippen LogP contribution in [0.1, 0.15) is 0 Å². The number of para-hydroxylation sites is 4. The van der Waals surface area contributed by atoms with Gasteiger partial charge in [0.15, 0.2) is 0 Å². The first-order chi connectivity index (χ1) is 28.2. The summed E-state index contributed by atoms with van der Waals surface area (Å²) in [7, 11) is 0. The fourth-order valence-corrected chi connectivity index (χ4v) is 8.12. The molecular weight excluding hydrogens is 933 g/mol. The summed E-state index contributed by atoms with van der Waals surface area (Å²) >= 11 is 0. The Hall–Kier alpha value is -6.57. The van der Waals surface area contributed by atoms with Crippen LogP contribution in [0, 0.1) is 43.2 Å². The van der Waals surface area contributed by atoms with Gasteiger partial charge in [-0.15, -0.1) is 23.8 Å². The second kappa shape index (κ2) is 15.1. The quantitative estimate of drug-likeness (QED) is 0.149. The van der Waals surface area contributed by atoms with Crippen molar-refractivity contribution in [1.82, 2.24) is 0 Å². The Morgan fingerprint density at radius 3 is 1.29 bits per heavy atom. The van der Waals surface area contributed by atoms with Crippen LogP contribution in [-0.4, -0.2) is 0 Å². The Bertz CT molecular complexity index is 3060. The topological polar surface area (TPSA) is 29.5 Å². The van der Waals surface area contributed by atoms with Crippen molar-refractivity contribution in [3.63, 3.8) is 0 Å². The molecule has 58 heavy (non-hydrogen) atoms. The number of furan rings is 2. The minimum Gasteiger partial charge on any atom is -0.455 e. The van der Waals surface area contributed by atoms with E-state index in [9.17, 15) is 0 Å². The molecule has 0 fully saturated rings. The maximum absolute atomic E-state index is 6.40. The van der Waals surface area contributed by atoms with Gasteiger partial charge in [0.25, 0.3) is 0 Å². The van der Waals surface area contributed by atoms with Crippen LogP contribution < -0.4 is 4.90 Å². The van der Waals surface area contributed by atoms with Crippen molar-refractivity contribution in [1.29, 1.82) is 0 Å². The fourth-order valence-electron chi connectivity index (χ4n) is 8.12. The van der Waals surface area contributed by atoms with Crippen LogP contribution in [0.2, 0.25) is 0 Å². The number of fused-ring (bicyclic) bond motifs is 6. The van der Waals surface area contributed by atoms with Gasteiger partial charge in [0, 0.05) is 49.7 Å². The van der Waals surface area contributed by atoms with E-state index < -0.39 is 0 Å². The number of nitrogens with zero attached hydrogens (tertiary/aromatic N) is 1. The van der Waals surface area contributed by atoms with Gasteiger partial charge < -0.3 is 13.7 Å². The zero-order valence-electron chi connectivity index (χ0n) is 31.3. The Morgan fingerprint density at radius 2 is 0.776 bits per heavy atom. The van der Waals surface area contributed by atoms with Gasteiger partial charge in [0.2, 0.25) is 0 Å². The molecule has 9 aromatic carbocycles. The zero-order chi connectivity index (χ0) is 37.7. The molecule has 0 amide bonds. The number of hydrogen-bond acceptors (Lipinski definition) is 3. The summed E-state index contributed by atoms with van der Waals surface area (Å²) in [5.41, 5.74) is 15.3. The molecule has 0 aliphatic rings. The van der Waals surface area contributed by atoms with Gasteiger partial charge in [0.1, 0.15) is 22.3 Å². The van der Waals surface area contributed by atoms with E-state index in [-0.39, 0.29) is 31.1 Å². The zero-order valence-corrected chi connectivity index (χ0v) is 35.5. The monoisotopic (exact) mass is 965 g/mol. The predicted octanol–water partition coefficient (Wildman–Crippen LogP) is 15.2. The summed E-state index contributed by atoms with van der Waals surface area (Å²) in [5.74, 6) is 0. The first-order valence-corrected chi connectivity index (χ1v) is 19.2. The van der Waals surface area contributed by atoms with Crippen molar-refractivity contribution >= 4 is 60.9 Å². The summed E-state index contributed by atoms with van der Waals surface area (Å²) in [6.45, 7) is 0. The van der Waals surface area contributed by atoms with Crippen LogP contribution in [0.5, 0.6) is 0 Å². The Kier molecular flexibility index (Phi) is 9.31. The average molecular weight is 966 g/mol. The largest absolute Gasteiger partial charge is 2.00 e. The van der Waals surface area contributed by atoms with Crippen LogP contribution in [0.4, 0.5) is 17.1 Å². The minimum absolute atomic E-state index is 0. The van der Waals surface area contributed by atoms with Crippen LogP contribution >= 0.6 is 0 Å². The molecule has 0 aliphatic heterocycles. The Morgan fingerprint density at radius 1 is 0.345 bits per heavy atom. The van der Waals surface area contributed by atoms with E-state index in [1.165, 1.54) is 0 Å². The van der Waals surface area contributed by atoms with E-state index in [0.29, 0.717) is 0 Å².